The molecule has 0 bridgehead atoms. The Morgan fingerprint density at radius 2 is 2.20 bits per heavy atom. The van der Waals surface area contributed by atoms with E-state index in [1.54, 1.807) is 17.2 Å². The number of H-pyrrole nitrogens is 1. The highest BCUT2D eigenvalue weighted by Crippen LogP contribution is 2.30. The van der Waals surface area contributed by atoms with E-state index in [1.807, 2.05) is 0 Å². The van der Waals surface area contributed by atoms with Crippen molar-refractivity contribution in [2.45, 2.75) is 18.7 Å². The van der Waals surface area contributed by atoms with Gasteiger partial charge in [0.05, 0.1) is 23.5 Å². The fourth-order valence-electron chi connectivity index (χ4n) is 3.02. The van der Waals surface area contributed by atoms with Crippen LogP contribution >= 0.6 is 11.6 Å². The molecule has 1 fully saturated rings. The Morgan fingerprint density at radius 3 is 2.96 bits per heavy atom. The molecule has 0 radical (unpaired) electrons. The molecule has 1 aliphatic rings. The van der Waals surface area contributed by atoms with Crippen LogP contribution in [0.15, 0.2) is 24.7 Å². The van der Waals surface area contributed by atoms with Gasteiger partial charge in [0.2, 0.25) is 0 Å². The molecule has 0 saturated carbocycles. The lowest BCUT2D eigenvalue weighted by molar-refractivity contribution is 0.0669. The Hall–Kier alpha value is -2.33. The van der Waals surface area contributed by atoms with Crippen LogP contribution in [-0.2, 0) is 4.84 Å². The molecule has 1 aliphatic heterocycles. The quantitative estimate of drug-likeness (QED) is 0.604. The number of halogens is 2. The number of nitrogens with one attached hydrogen (secondary N) is 1. The fraction of sp³-hybridized carbons (Fsp3) is 0.267. The summed E-state index contributed by atoms with van der Waals surface area (Å²) in [7, 11) is 0. The van der Waals surface area contributed by atoms with Gasteiger partial charge in [-0.1, -0.05) is 11.6 Å². The van der Waals surface area contributed by atoms with Crippen molar-refractivity contribution < 1.29 is 9.23 Å². The summed E-state index contributed by atoms with van der Waals surface area (Å²) in [6.45, 7) is 0.353. The van der Waals surface area contributed by atoms with E-state index in [4.69, 9.17) is 28.1 Å². The lowest BCUT2D eigenvalue weighted by Gasteiger charge is -2.22. The number of aromatic amines is 1. The number of anilines is 1. The summed E-state index contributed by atoms with van der Waals surface area (Å²) in [5, 5.41) is 1.24. The van der Waals surface area contributed by atoms with Crippen molar-refractivity contribution >= 4 is 28.5 Å². The van der Waals surface area contributed by atoms with Crippen LogP contribution in [-0.4, -0.2) is 38.8 Å². The van der Waals surface area contributed by atoms with Gasteiger partial charge >= 0.3 is 0 Å². The van der Waals surface area contributed by atoms with E-state index in [2.05, 4.69) is 19.9 Å². The molecule has 0 spiro atoms. The summed E-state index contributed by atoms with van der Waals surface area (Å²) in [4.78, 5) is 22.1. The topological polar surface area (TPSA) is 119 Å². The average molecular weight is 364 g/mol. The highest BCUT2D eigenvalue weighted by atomic mass is 35.5. The van der Waals surface area contributed by atoms with Crippen LogP contribution in [0.3, 0.4) is 0 Å². The maximum Gasteiger partial charge on any atom is 0.184 e. The van der Waals surface area contributed by atoms with Crippen LogP contribution < -0.4 is 16.5 Å². The van der Waals surface area contributed by atoms with Crippen LogP contribution in [0.2, 0.25) is 5.02 Å². The van der Waals surface area contributed by atoms with E-state index in [0.717, 1.165) is 11.6 Å². The Balaban J connectivity index is 1.78. The monoisotopic (exact) mass is 363 g/mol. The molecule has 8 nitrogen and oxygen atoms in total. The molecular formula is C15H15ClFN7O. The lowest BCUT2D eigenvalue weighted by Crippen LogP contribution is -2.37. The minimum Gasteiger partial charge on any atom is -0.345 e. The van der Waals surface area contributed by atoms with Gasteiger partial charge in [0.15, 0.2) is 17.5 Å². The standard InChI is InChI=1S/C15H15ClFN7O/c16-7-1-9-10(4-21-13(9)20-3-7)14-22-5-11(17)15(23-14)24-6-8(25-19)2-12(24)18/h1,3-5,8,12H,2,6,18-19H2,(H,20,21)/t8-,12?/m1/s1. The summed E-state index contributed by atoms with van der Waals surface area (Å²) < 4.78 is 14.3. The molecule has 5 N–H and O–H groups in total. The third-order valence-electron chi connectivity index (χ3n) is 4.23. The van der Waals surface area contributed by atoms with E-state index in [9.17, 15) is 4.39 Å². The molecule has 0 aromatic carbocycles. The van der Waals surface area contributed by atoms with Crippen molar-refractivity contribution in [3.8, 4) is 11.4 Å². The Labute approximate surface area is 146 Å². The average Bonchev–Trinajstić information content (AvgIpc) is 3.18. The second-order valence-electron chi connectivity index (χ2n) is 5.83. The Bertz CT molecular complexity index is 933. The van der Waals surface area contributed by atoms with Crippen molar-refractivity contribution in [3.63, 3.8) is 0 Å². The van der Waals surface area contributed by atoms with Crippen LogP contribution in [0.25, 0.3) is 22.4 Å². The normalized spacial score (nSPS) is 20.6. The van der Waals surface area contributed by atoms with E-state index in [1.165, 1.54) is 6.20 Å². The number of pyridine rings is 1. The molecular weight excluding hydrogens is 349 g/mol. The summed E-state index contributed by atoms with van der Waals surface area (Å²) in [5.41, 5.74) is 7.37. The Morgan fingerprint density at radius 1 is 1.36 bits per heavy atom. The molecule has 10 heteroatoms. The van der Waals surface area contributed by atoms with Gasteiger partial charge in [-0.2, -0.15) is 0 Å². The first kappa shape index (κ1) is 16.2. The number of nitrogens with two attached hydrogens (primary N) is 2. The lowest BCUT2D eigenvalue weighted by atomic mass is 10.2. The predicted octanol–water partition coefficient (Wildman–Crippen LogP) is 1.57. The minimum absolute atomic E-state index is 0.112. The molecule has 25 heavy (non-hydrogen) atoms. The maximum absolute atomic E-state index is 14.3. The molecule has 3 aromatic heterocycles. The van der Waals surface area contributed by atoms with Gasteiger partial charge in [-0.3, -0.25) is 4.84 Å². The van der Waals surface area contributed by atoms with Crippen LogP contribution in [0.4, 0.5) is 10.2 Å². The van der Waals surface area contributed by atoms with Gasteiger partial charge in [-0.05, 0) is 6.07 Å². The van der Waals surface area contributed by atoms with E-state index < -0.39 is 12.0 Å². The van der Waals surface area contributed by atoms with E-state index in [-0.39, 0.29) is 11.9 Å². The van der Waals surface area contributed by atoms with Gasteiger partial charge in [-0.15, -0.1) is 0 Å². The zero-order chi connectivity index (χ0) is 17.6. The maximum atomic E-state index is 14.3. The zero-order valence-electron chi connectivity index (χ0n) is 13.0. The number of hydrogen-bond donors (Lipinski definition) is 3. The molecule has 4 rings (SSSR count). The van der Waals surface area contributed by atoms with Crippen LogP contribution in [0.5, 0.6) is 0 Å². The predicted molar refractivity (Wildman–Crippen MR) is 91.1 cm³/mol. The summed E-state index contributed by atoms with van der Waals surface area (Å²) in [6.07, 6.45) is 4.14. The van der Waals surface area contributed by atoms with Gasteiger partial charge in [0, 0.05) is 36.3 Å². The third-order valence-corrected chi connectivity index (χ3v) is 4.44. The summed E-state index contributed by atoms with van der Waals surface area (Å²) in [5.74, 6) is 5.12. The Kier molecular flexibility index (Phi) is 4.00. The van der Waals surface area contributed by atoms with Crippen LogP contribution in [0, 0.1) is 5.82 Å². The minimum atomic E-state index is -0.562. The van der Waals surface area contributed by atoms with Crippen molar-refractivity contribution in [1.29, 1.82) is 0 Å². The zero-order valence-corrected chi connectivity index (χ0v) is 13.7. The molecule has 0 aliphatic carbocycles. The van der Waals surface area contributed by atoms with Gasteiger partial charge < -0.3 is 15.6 Å². The second kappa shape index (κ2) is 6.19. The first-order valence-electron chi connectivity index (χ1n) is 7.60. The van der Waals surface area contributed by atoms with Crippen molar-refractivity contribution in [2.75, 3.05) is 11.4 Å². The SMILES string of the molecule is NO[C@@H]1CC(N)N(c2nc(-c3c[nH]c4ncc(Cl)cc34)ncc2F)C1. The van der Waals surface area contributed by atoms with Gasteiger partial charge in [0.1, 0.15) is 5.65 Å². The molecule has 3 aromatic rings. The second-order valence-corrected chi connectivity index (χ2v) is 6.27. The fourth-order valence-corrected chi connectivity index (χ4v) is 3.18. The summed E-state index contributed by atoms with van der Waals surface area (Å²) >= 11 is 6.02. The number of fused-ring (bicyclic) bond motifs is 1. The van der Waals surface area contributed by atoms with Crippen LogP contribution in [0.1, 0.15) is 6.42 Å². The molecule has 1 unspecified atom stereocenters. The van der Waals surface area contributed by atoms with Gasteiger partial charge in [-0.25, -0.2) is 25.2 Å². The number of rotatable bonds is 3. The number of hydrogen-bond acceptors (Lipinski definition) is 7. The van der Waals surface area contributed by atoms with E-state index in [0.29, 0.717) is 35.0 Å². The van der Waals surface area contributed by atoms with Crippen molar-refractivity contribution in [2.24, 2.45) is 11.6 Å². The highest BCUT2D eigenvalue weighted by molar-refractivity contribution is 6.31. The largest absolute Gasteiger partial charge is 0.345 e. The third kappa shape index (κ3) is 2.81. The highest BCUT2D eigenvalue weighted by Gasteiger charge is 2.33. The molecule has 1 saturated heterocycles. The van der Waals surface area contributed by atoms with E-state index >= 15 is 0 Å². The molecule has 130 valence electrons. The number of aromatic nitrogens is 4. The molecule has 4 heterocycles. The molecule has 2 atom stereocenters. The first-order valence-corrected chi connectivity index (χ1v) is 7.98. The smallest absolute Gasteiger partial charge is 0.184 e. The number of nitrogens with zero attached hydrogens (tertiary/aromatic N) is 4. The first-order chi connectivity index (χ1) is 12.1. The van der Waals surface area contributed by atoms with Crippen molar-refractivity contribution in [1.82, 2.24) is 19.9 Å². The van der Waals surface area contributed by atoms with Crippen molar-refractivity contribution in [3.05, 3.63) is 35.5 Å². The van der Waals surface area contributed by atoms with Gasteiger partial charge in [0.25, 0.3) is 0 Å². The molecule has 0 amide bonds. The summed E-state index contributed by atoms with van der Waals surface area (Å²) in [6, 6.07) is 1.75.